The van der Waals surface area contributed by atoms with Gasteiger partial charge in [0.1, 0.15) is 0 Å². The van der Waals surface area contributed by atoms with E-state index in [0.717, 1.165) is 10.9 Å². The van der Waals surface area contributed by atoms with Crippen molar-refractivity contribution in [2.75, 3.05) is 0 Å². The van der Waals surface area contributed by atoms with Crippen LogP contribution in [0.3, 0.4) is 0 Å². The quantitative estimate of drug-likeness (QED) is 0.632. The van der Waals surface area contributed by atoms with Crippen molar-refractivity contribution >= 4 is 15.9 Å². The van der Waals surface area contributed by atoms with Gasteiger partial charge in [0, 0.05) is 10.5 Å². The first-order valence-electron chi connectivity index (χ1n) is 6.90. The van der Waals surface area contributed by atoms with Gasteiger partial charge >= 0.3 is 0 Å². The van der Waals surface area contributed by atoms with Gasteiger partial charge in [0.25, 0.3) is 0 Å². The summed E-state index contributed by atoms with van der Waals surface area (Å²) in [5.74, 6) is 6.28. The summed E-state index contributed by atoms with van der Waals surface area (Å²) in [5, 5.41) is 0. The van der Waals surface area contributed by atoms with Crippen LogP contribution in [0.1, 0.15) is 42.5 Å². The summed E-state index contributed by atoms with van der Waals surface area (Å²) in [6.07, 6.45) is 0.872. The molecule has 2 nitrogen and oxygen atoms in total. The Hall–Kier alpha value is -1.16. The minimum atomic E-state index is 0.130. The van der Waals surface area contributed by atoms with Gasteiger partial charge in [-0.3, -0.25) is 11.3 Å². The van der Waals surface area contributed by atoms with Crippen LogP contribution in [0.4, 0.5) is 0 Å². The van der Waals surface area contributed by atoms with Gasteiger partial charge in [0.2, 0.25) is 0 Å². The molecule has 106 valence electrons. The van der Waals surface area contributed by atoms with Gasteiger partial charge in [-0.15, -0.1) is 0 Å². The zero-order chi connectivity index (χ0) is 14.5. The van der Waals surface area contributed by atoms with Crippen molar-refractivity contribution in [1.29, 1.82) is 0 Å². The normalized spacial score (nSPS) is 12.7. The third-order valence-electron chi connectivity index (χ3n) is 3.54. The number of hydrogen-bond acceptors (Lipinski definition) is 2. The predicted octanol–water partition coefficient (Wildman–Crippen LogP) is 4.32. The van der Waals surface area contributed by atoms with Crippen molar-refractivity contribution in [2.45, 2.75) is 32.2 Å². The first-order valence-corrected chi connectivity index (χ1v) is 7.70. The number of nitrogens with one attached hydrogen (secondary N) is 1. The average molecular weight is 333 g/mol. The minimum Gasteiger partial charge on any atom is -0.271 e. The Kier molecular flexibility index (Phi) is 5.35. The molecule has 3 heteroatoms. The van der Waals surface area contributed by atoms with Crippen LogP contribution in [0, 0.1) is 0 Å². The molecule has 0 aliphatic heterocycles. The molecule has 0 spiro atoms. The van der Waals surface area contributed by atoms with Crippen molar-refractivity contribution in [1.82, 2.24) is 5.43 Å². The molecule has 0 heterocycles. The standard InChI is InChI=1S/C17H21BrN2/c1-12(2)14-6-8-15(9-7-14)17(20-19)11-13-4-3-5-16(18)10-13/h3-10,12,17,20H,11,19H2,1-2H3. The second kappa shape index (κ2) is 7.02. The zero-order valence-corrected chi connectivity index (χ0v) is 13.5. The zero-order valence-electron chi connectivity index (χ0n) is 11.9. The second-order valence-corrected chi connectivity index (χ2v) is 6.29. The van der Waals surface area contributed by atoms with Crippen LogP contribution in [0.5, 0.6) is 0 Å². The van der Waals surface area contributed by atoms with Gasteiger partial charge in [-0.1, -0.05) is 66.2 Å². The van der Waals surface area contributed by atoms with Crippen LogP contribution >= 0.6 is 15.9 Å². The lowest BCUT2D eigenvalue weighted by Crippen LogP contribution is -2.29. The van der Waals surface area contributed by atoms with Crippen LogP contribution < -0.4 is 11.3 Å². The molecule has 0 amide bonds. The summed E-state index contributed by atoms with van der Waals surface area (Å²) in [4.78, 5) is 0. The lowest BCUT2D eigenvalue weighted by atomic mass is 9.96. The monoisotopic (exact) mass is 332 g/mol. The smallest absolute Gasteiger partial charge is 0.0500 e. The maximum absolute atomic E-state index is 5.73. The van der Waals surface area contributed by atoms with E-state index in [2.05, 4.69) is 77.7 Å². The van der Waals surface area contributed by atoms with Gasteiger partial charge in [0.15, 0.2) is 0 Å². The highest BCUT2D eigenvalue weighted by molar-refractivity contribution is 9.10. The van der Waals surface area contributed by atoms with Crippen molar-refractivity contribution in [3.05, 3.63) is 69.7 Å². The van der Waals surface area contributed by atoms with Gasteiger partial charge < -0.3 is 0 Å². The summed E-state index contributed by atoms with van der Waals surface area (Å²) >= 11 is 3.50. The first kappa shape index (κ1) is 15.2. The Morgan fingerprint density at radius 1 is 1.05 bits per heavy atom. The molecule has 0 fully saturated rings. The van der Waals surface area contributed by atoms with Gasteiger partial charge in [-0.05, 0) is 41.2 Å². The molecule has 0 radical (unpaired) electrons. The summed E-state index contributed by atoms with van der Waals surface area (Å²) in [5.41, 5.74) is 6.75. The maximum Gasteiger partial charge on any atom is 0.0500 e. The van der Waals surface area contributed by atoms with E-state index in [4.69, 9.17) is 5.84 Å². The summed E-state index contributed by atoms with van der Waals surface area (Å²) < 4.78 is 1.10. The van der Waals surface area contributed by atoms with Crippen molar-refractivity contribution in [3.8, 4) is 0 Å². The Balaban J connectivity index is 2.15. The van der Waals surface area contributed by atoms with Crippen LogP contribution in [0.15, 0.2) is 53.0 Å². The van der Waals surface area contributed by atoms with Crippen LogP contribution in [0.25, 0.3) is 0 Å². The van der Waals surface area contributed by atoms with E-state index < -0.39 is 0 Å². The van der Waals surface area contributed by atoms with Gasteiger partial charge in [-0.2, -0.15) is 0 Å². The number of halogens is 1. The summed E-state index contributed by atoms with van der Waals surface area (Å²) in [6.45, 7) is 4.41. The van der Waals surface area contributed by atoms with Gasteiger partial charge in [-0.25, -0.2) is 0 Å². The third-order valence-corrected chi connectivity index (χ3v) is 4.03. The molecule has 2 rings (SSSR count). The van der Waals surface area contributed by atoms with Crippen molar-refractivity contribution in [3.63, 3.8) is 0 Å². The molecule has 2 aromatic carbocycles. The lowest BCUT2D eigenvalue weighted by Gasteiger charge is -2.17. The van der Waals surface area contributed by atoms with Crippen molar-refractivity contribution < 1.29 is 0 Å². The van der Waals surface area contributed by atoms with E-state index in [1.165, 1.54) is 16.7 Å². The molecule has 0 bridgehead atoms. The predicted molar refractivity (Wildman–Crippen MR) is 88.4 cm³/mol. The third kappa shape index (κ3) is 3.92. The number of benzene rings is 2. The molecule has 3 N–H and O–H groups in total. The molecule has 20 heavy (non-hydrogen) atoms. The van der Waals surface area contributed by atoms with E-state index in [1.807, 2.05) is 6.07 Å². The molecule has 1 unspecified atom stereocenters. The molecule has 0 aliphatic carbocycles. The topological polar surface area (TPSA) is 38.0 Å². The van der Waals surface area contributed by atoms with E-state index in [1.54, 1.807) is 0 Å². The molecule has 0 saturated carbocycles. The molecule has 0 saturated heterocycles. The second-order valence-electron chi connectivity index (χ2n) is 5.37. The van der Waals surface area contributed by atoms with E-state index in [0.29, 0.717) is 5.92 Å². The SMILES string of the molecule is CC(C)c1ccc(C(Cc2cccc(Br)c2)NN)cc1. The molecule has 2 aromatic rings. The van der Waals surface area contributed by atoms with Gasteiger partial charge in [0.05, 0.1) is 0 Å². The fourth-order valence-electron chi connectivity index (χ4n) is 2.29. The van der Waals surface area contributed by atoms with E-state index >= 15 is 0 Å². The highest BCUT2D eigenvalue weighted by Gasteiger charge is 2.11. The first-order chi connectivity index (χ1) is 9.60. The molecule has 0 aromatic heterocycles. The lowest BCUT2D eigenvalue weighted by molar-refractivity contribution is 0.551. The Morgan fingerprint density at radius 3 is 2.25 bits per heavy atom. The number of nitrogens with two attached hydrogens (primary N) is 1. The fraction of sp³-hybridized carbons (Fsp3) is 0.294. The summed E-state index contributed by atoms with van der Waals surface area (Å²) in [7, 11) is 0. The summed E-state index contributed by atoms with van der Waals surface area (Å²) in [6, 6.07) is 17.2. The highest BCUT2D eigenvalue weighted by atomic mass is 79.9. The fourth-order valence-corrected chi connectivity index (χ4v) is 2.73. The Morgan fingerprint density at radius 2 is 1.70 bits per heavy atom. The van der Waals surface area contributed by atoms with Crippen LogP contribution in [-0.4, -0.2) is 0 Å². The van der Waals surface area contributed by atoms with E-state index in [9.17, 15) is 0 Å². The largest absolute Gasteiger partial charge is 0.271 e. The maximum atomic E-state index is 5.73. The van der Waals surface area contributed by atoms with E-state index in [-0.39, 0.29) is 6.04 Å². The van der Waals surface area contributed by atoms with Crippen LogP contribution in [0.2, 0.25) is 0 Å². The molecule has 0 aliphatic rings. The number of hydrazine groups is 1. The molecular weight excluding hydrogens is 312 g/mol. The number of hydrogen-bond donors (Lipinski definition) is 2. The Bertz CT molecular complexity index is 549. The molecule has 1 atom stereocenters. The minimum absolute atomic E-state index is 0.130. The van der Waals surface area contributed by atoms with Crippen LogP contribution in [-0.2, 0) is 6.42 Å². The van der Waals surface area contributed by atoms with Crippen molar-refractivity contribution in [2.24, 2.45) is 5.84 Å². The highest BCUT2D eigenvalue weighted by Crippen LogP contribution is 2.22. The average Bonchev–Trinajstić information content (AvgIpc) is 2.45. The number of rotatable bonds is 5. The Labute approximate surface area is 129 Å². The molecular formula is C17H21BrN2.